The highest BCUT2D eigenvalue weighted by molar-refractivity contribution is 6.07. The predicted molar refractivity (Wildman–Crippen MR) is 124 cm³/mol. The minimum atomic E-state index is -0.265. The van der Waals surface area contributed by atoms with Gasteiger partial charge in [-0.3, -0.25) is 4.79 Å². The van der Waals surface area contributed by atoms with Crippen LogP contribution in [0, 0.1) is 0 Å². The lowest BCUT2D eigenvalue weighted by Crippen LogP contribution is -1.99. The monoisotopic (exact) mass is 426 g/mol. The fourth-order valence-electron chi connectivity index (χ4n) is 3.23. The molecular formula is C26H34O5. The summed E-state index contributed by atoms with van der Waals surface area (Å²) in [4.78, 5) is 12.4. The highest BCUT2D eigenvalue weighted by atomic mass is 16.5. The first kappa shape index (κ1) is 24.5. The molecule has 168 valence electrons. The van der Waals surface area contributed by atoms with Crippen molar-refractivity contribution in [3.05, 3.63) is 65.7 Å². The highest BCUT2D eigenvalue weighted by Gasteiger charge is 2.07. The van der Waals surface area contributed by atoms with Crippen molar-refractivity contribution >= 4 is 11.5 Å². The van der Waals surface area contributed by atoms with E-state index in [4.69, 9.17) is 14.6 Å². The van der Waals surface area contributed by atoms with Crippen LogP contribution in [0.4, 0.5) is 0 Å². The summed E-state index contributed by atoms with van der Waals surface area (Å²) in [7, 11) is 1.58. The molecule has 0 aliphatic heterocycles. The number of aliphatic hydroxyl groups excluding tert-OH is 2. The van der Waals surface area contributed by atoms with Crippen molar-refractivity contribution in [2.75, 3.05) is 20.3 Å². The summed E-state index contributed by atoms with van der Waals surface area (Å²) in [5.41, 5.74) is 1.05. The number of unbranched alkanes of at least 4 members (excludes halogenated alkanes) is 7. The van der Waals surface area contributed by atoms with Crippen molar-refractivity contribution in [2.45, 2.75) is 51.4 Å². The smallest absolute Gasteiger partial charge is 0.189 e. The number of ether oxygens (including phenoxy) is 2. The second-order valence-corrected chi connectivity index (χ2v) is 7.55. The molecule has 0 bridgehead atoms. The Bertz CT molecular complexity index is 794. The van der Waals surface area contributed by atoms with E-state index in [2.05, 4.69) is 0 Å². The van der Waals surface area contributed by atoms with Crippen LogP contribution in [0.15, 0.2) is 54.6 Å². The van der Waals surface area contributed by atoms with Crippen molar-refractivity contribution in [2.24, 2.45) is 0 Å². The number of methoxy groups -OCH3 is 1. The fourth-order valence-corrected chi connectivity index (χ4v) is 3.23. The van der Waals surface area contributed by atoms with Crippen LogP contribution in [0.3, 0.4) is 0 Å². The minimum absolute atomic E-state index is 0.0821. The molecular weight excluding hydrogens is 392 g/mol. The zero-order valence-electron chi connectivity index (χ0n) is 18.4. The molecule has 2 N–H and O–H groups in total. The molecule has 0 unspecified atom stereocenters. The summed E-state index contributed by atoms with van der Waals surface area (Å²) in [6.07, 6.45) is 10.3. The third-order valence-electron chi connectivity index (χ3n) is 5.11. The average Bonchev–Trinajstić information content (AvgIpc) is 2.80. The van der Waals surface area contributed by atoms with Crippen molar-refractivity contribution in [1.82, 2.24) is 0 Å². The molecule has 0 saturated heterocycles. The van der Waals surface area contributed by atoms with Gasteiger partial charge in [0.1, 0.15) is 17.3 Å². The summed E-state index contributed by atoms with van der Waals surface area (Å²) in [6, 6.07) is 13.9. The Labute approximate surface area is 185 Å². The Kier molecular flexibility index (Phi) is 11.3. The second kappa shape index (κ2) is 14.3. The molecule has 0 radical (unpaired) electrons. The van der Waals surface area contributed by atoms with Crippen LogP contribution in [-0.2, 0) is 0 Å². The van der Waals surface area contributed by atoms with Gasteiger partial charge < -0.3 is 19.7 Å². The van der Waals surface area contributed by atoms with E-state index < -0.39 is 0 Å². The zero-order valence-corrected chi connectivity index (χ0v) is 18.4. The van der Waals surface area contributed by atoms with E-state index in [1.54, 1.807) is 55.6 Å². The lowest BCUT2D eigenvalue weighted by atomic mass is 10.1. The molecule has 2 rings (SSSR count). The summed E-state index contributed by atoms with van der Waals surface area (Å²) in [5.74, 6) is 1.08. The van der Waals surface area contributed by atoms with Crippen LogP contribution in [-0.4, -0.2) is 36.3 Å². The standard InChI is InChI=1S/C26H34O5/c1-30-23-14-10-21(11-15-23)25(28)20-26(29)22-12-16-24(17-13-22)31-19-9-7-5-3-2-4-6-8-18-27/h10-17,20,27-28H,2-9,18-19H2,1H3/b25-20-. The molecule has 0 aromatic heterocycles. The van der Waals surface area contributed by atoms with Crippen LogP contribution in [0.25, 0.3) is 5.76 Å². The first-order valence-corrected chi connectivity index (χ1v) is 11.1. The first-order chi connectivity index (χ1) is 15.1. The van der Waals surface area contributed by atoms with Gasteiger partial charge in [0.15, 0.2) is 5.78 Å². The molecule has 0 aliphatic rings. The largest absolute Gasteiger partial charge is 0.507 e. The van der Waals surface area contributed by atoms with E-state index in [-0.39, 0.29) is 11.5 Å². The van der Waals surface area contributed by atoms with E-state index >= 15 is 0 Å². The number of hydrogen-bond donors (Lipinski definition) is 2. The number of carbonyl (C=O) groups is 1. The Morgan fingerprint density at radius 2 is 1.29 bits per heavy atom. The summed E-state index contributed by atoms with van der Waals surface area (Å²) < 4.78 is 10.8. The van der Waals surface area contributed by atoms with Gasteiger partial charge in [-0.05, 0) is 61.4 Å². The van der Waals surface area contributed by atoms with Gasteiger partial charge in [-0.25, -0.2) is 0 Å². The number of ketones is 1. The van der Waals surface area contributed by atoms with E-state index in [1.807, 2.05) is 0 Å². The molecule has 5 nitrogen and oxygen atoms in total. The number of hydrogen-bond acceptors (Lipinski definition) is 5. The first-order valence-electron chi connectivity index (χ1n) is 11.1. The van der Waals surface area contributed by atoms with Crippen molar-refractivity contribution in [3.63, 3.8) is 0 Å². The summed E-state index contributed by atoms with van der Waals surface area (Å²) in [5, 5.41) is 18.9. The molecule has 0 atom stereocenters. The van der Waals surface area contributed by atoms with Crippen LogP contribution >= 0.6 is 0 Å². The number of carbonyl (C=O) groups excluding carboxylic acids is 1. The van der Waals surface area contributed by atoms with Crippen LogP contribution in [0.5, 0.6) is 11.5 Å². The highest BCUT2D eigenvalue weighted by Crippen LogP contribution is 2.19. The lowest BCUT2D eigenvalue weighted by Gasteiger charge is -2.07. The van der Waals surface area contributed by atoms with Gasteiger partial charge >= 0.3 is 0 Å². The van der Waals surface area contributed by atoms with E-state index in [1.165, 1.54) is 31.8 Å². The molecule has 0 heterocycles. The van der Waals surface area contributed by atoms with Crippen molar-refractivity contribution in [1.29, 1.82) is 0 Å². The molecule has 31 heavy (non-hydrogen) atoms. The second-order valence-electron chi connectivity index (χ2n) is 7.55. The van der Waals surface area contributed by atoms with E-state index in [9.17, 15) is 9.90 Å². The lowest BCUT2D eigenvalue weighted by molar-refractivity contribution is 0.104. The molecule has 0 fully saturated rings. The third kappa shape index (κ3) is 9.26. The molecule has 2 aromatic rings. The maximum absolute atomic E-state index is 12.4. The summed E-state index contributed by atoms with van der Waals surface area (Å²) in [6.45, 7) is 0.964. The predicted octanol–water partition coefficient (Wildman–Crippen LogP) is 5.97. The number of aliphatic hydroxyl groups is 2. The SMILES string of the molecule is COc1ccc(/C(O)=C/C(=O)c2ccc(OCCCCCCCCCCO)cc2)cc1. The van der Waals surface area contributed by atoms with Gasteiger partial charge in [-0.1, -0.05) is 38.5 Å². The number of allylic oxidation sites excluding steroid dienone is 1. The Hall–Kier alpha value is -2.79. The Morgan fingerprint density at radius 3 is 1.87 bits per heavy atom. The third-order valence-corrected chi connectivity index (χ3v) is 5.11. The van der Waals surface area contributed by atoms with E-state index in [0.29, 0.717) is 30.1 Å². The van der Waals surface area contributed by atoms with Gasteiger partial charge in [-0.2, -0.15) is 0 Å². The topological polar surface area (TPSA) is 76.0 Å². The molecule has 0 saturated carbocycles. The van der Waals surface area contributed by atoms with Crippen molar-refractivity contribution < 1.29 is 24.5 Å². The maximum atomic E-state index is 12.4. The molecule has 0 spiro atoms. The Balaban J connectivity index is 1.70. The molecule has 5 heteroatoms. The van der Waals surface area contributed by atoms with E-state index in [0.717, 1.165) is 31.4 Å². The minimum Gasteiger partial charge on any atom is -0.507 e. The van der Waals surface area contributed by atoms with Crippen molar-refractivity contribution in [3.8, 4) is 11.5 Å². The van der Waals surface area contributed by atoms with Gasteiger partial charge in [0, 0.05) is 23.8 Å². The zero-order chi connectivity index (χ0) is 22.3. The molecule has 0 amide bonds. The van der Waals surface area contributed by atoms with Gasteiger partial charge in [0.05, 0.1) is 13.7 Å². The average molecular weight is 427 g/mol. The molecule has 2 aromatic carbocycles. The Morgan fingerprint density at radius 1 is 0.774 bits per heavy atom. The van der Waals surface area contributed by atoms with Crippen LogP contribution < -0.4 is 9.47 Å². The van der Waals surface area contributed by atoms with Gasteiger partial charge in [0.2, 0.25) is 0 Å². The number of rotatable bonds is 15. The summed E-state index contributed by atoms with van der Waals surface area (Å²) >= 11 is 0. The fraction of sp³-hybridized carbons (Fsp3) is 0.423. The number of benzene rings is 2. The van der Waals surface area contributed by atoms with Crippen LogP contribution in [0.1, 0.15) is 67.3 Å². The van der Waals surface area contributed by atoms with Gasteiger partial charge in [-0.15, -0.1) is 0 Å². The normalized spacial score (nSPS) is 11.4. The maximum Gasteiger partial charge on any atom is 0.189 e. The molecule has 0 aliphatic carbocycles. The quantitative estimate of drug-likeness (QED) is 0.159. The van der Waals surface area contributed by atoms with Gasteiger partial charge in [0.25, 0.3) is 0 Å². The van der Waals surface area contributed by atoms with Crippen LogP contribution in [0.2, 0.25) is 0 Å².